The first-order chi connectivity index (χ1) is 5.20. The van der Waals surface area contributed by atoms with Gasteiger partial charge in [0.15, 0.2) is 0 Å². The van der Waals surface area contributed by atoms with Crippen LogP contribution in [0.25, 0.3) is 0 Å². The van der Waals surface area contributed by atoms with Crippen LogP contribution in [-0.2, 0) is 0 Å². The molecule has 0 spiro atoms. The molecule has 0 unspecified atom stereocenters. The highest BCUT2D eigenvalue weighted by molar-refractivity contribution is 4.94. The topological polar surface area (TPSA) is 15.3 Å². The third-order valence-electron chi connectivity index (χ3n) is 1.32. The monoisotopic (exact) mass is 158 g/mol. The first kappa shape index (κ1) is 13.1. The quantitative estimate of drug-likeness (QED) is 0.634. The maximum atomic E-state index is 2.99. The first-order valence-corrected chi connectivity index (χ1v) is 4.28. The normalized spacial score (nSPS) is 10.2. The van der Waals surface area contributed by atoms with E-state index in [-0.39, 0.29) is 0 Å². The summed E-state index contributed by atoms with van der Waals surface area (Å²) in [5.74, 6) is 0. The molecule has 0 heterocycles. The highest BCUT2D eigenvalue weighted by atomic mass is 15.5. The summed E-state index contributed by atoms with van der Waals surface area (Å²) in [7, 11) is 3.89. The minimum absolute atomic E-state index is 1.12. The molecule has 0 aromatic heterocycles. The van der Waals surface area contributed by atoms with E-state index < -0.39 is 0 Å². The Bertz CT molecular complexity index is 97.7. The average molecular weight is 158 g/mol. The molecule has 0 saturated carbocycles. The molecule has 0 aliphatic heterocycles. The summed E-state index contributed by atoms with van der Waals surface area (Å²) < 4.78 is 0. The number of rotatable bonds is 3. The highest BCUT2D eigenvalue weighted by Gasteiger charge is 1.85. The van der Waals surface area contributed by atoms with Gasteiger partial charge in [-0.2, -0.15) is 0 Å². The van der Waals surface area contributed by atoms with Crippen molar-refractivity contribution in [3.63, 3.8) is 0 Å². The number of allylic oxidation sites excluding steroid dienone is 1. The van der Waals surface area contributed by atoms with Gasteiger partial charge in [-0.15, -0.1) is 0 Å². The van der Waals surface area contributed by atoms with Gasteiger partial charge in [-0.3, -0.25) is 0 Å². The summed E-state index contributed by atoms with van der Waals surface area (Å²) in [6.45, 7) is 8.27. The van der Waals surface area contributed by atoms with Gasteiger partial charge >= 0.3 is 0 Å². The van der Waals surface area contributed by atoms with Crippen LogP contribution in [0.2, 0.25) is 0 Å². The molecule has 0 aromatic carbocycles. The van der Waals surface area contributed by atoms with Crippen LogP contribution in [0.15, 0.2) is 11.8 Å². The van der Waals surface area contributed by atoms with Crippen molar-refractivity contribution in [2.75, 3.05) is 14.1 Å². The van der Waals surface area contributed by atoms with Gasteiger partial charge in [-0.25, -0.2) is 5.43 Å². The molecule has 2 heteroatoms. The molecule has 0 radical (unpaired) electrons. The summed E-state index contributed by atoms with van der Waals surface area (Å²) in [5, 5.41) is 1.94. The van der Waals surface area contributed by atoms with E-state index in [4.69, 9.17) is 0 Å². The van der Waals surface area contributed by atoms with Gasteiger partial charge in [0.2, 0.25) is 0 Å². The number of nitrogens with one attached hydrogen (secondary N) is 1. The molecule has 0 amide bonds. The van der Waals surface area contributed by atoms with E-state index >= 15 is 0 Å². The van der Waals surface area contributed by atoms with Crippen molar-refractivity contribution in [2.24, 2.45) is 0 Å². The first-order valence-electron chi connectivity index (χ1n) is 4.28. The van der Waals surface area contributed by atoms with E-state index in [2.05, 4.69) is 25.5 Å². The van der Waals surface area contributed by atoms with Crippen LogP contribution in [0, 0.1) is 0 Å². The van der Waals surface area contributed by atoms with Crippen LogP contribution < -0.4 is 5.43 Å². The summed E-state index contributed by atoms with van der Waals surface area (Å²) >= 11 is 0. The lowest BCUT2D eigenvalue weighted by Crippen LogP contribution is -2.25. The van der Waals surface area contributed by atoms with Gasteiger partial charge in [0.05, 0.1) is 0 Å². The van der Waals surface area contributed by atoms with Crippen molar-refractivity contribution < 1.29 is 0 Å². The fraction of sp³-hybridized carbons (Fsp3) is 0.778. The number of hydrazine groups is 1. The smallest absolute Gasteiger partial charge is 0.0225 e. The van der Waals surface area contributed by atoms with Crippen molar-refractivity contribution >= 4 is 0 Å². The molecule has 0 atom stereocenters. The van der Waals surface area contributed by atoms with Crippen molar-refractivity contribution in [2.45, 2.75) is 34.1 Å². The lowest BCUT2D eigenvalue weighted by Gasteiger charge is -2.12. The van der Waals surface area contributed by atoms with Crippen LogP contribution in [0.5, 0.6) is 0 Å². The Kier molecular flexibility index (Phi) is 11.3. The summed E-state index contributed by atoms with van der Waals surface area (Å²) in [6, 6.07) is 0. The molecule has 2 nitrogen and oxygen atoms in total. The molecular weight excluding hydrogens is 136 g/mol. The number of hydrogen-bond donors (Lipinski definition) is 1. The predicted molar refractivity (Wildman–Crippen MR) is 52.2 cm³/mol. The highest BCUT2D eigenvalue weighted by Crippen LogP contribution is 1.96. The Hall–Kier alpha value is -0.500. The standard InChI is InChI=1S/C7H16N2.C2H6/c1-5-7(2)6-9(4)8-3;1-2/h6,8H,5H2,1-4H3;1-2H3/b7-6-;. The Balaban J connectivity index is 0. The summed E-state index contributed by atoms with van der Waals surface area (Å²) in [4.78, 5) is 0. The molecule has 11 heavy (non-hydrogen) atoms. The molecule has 1 N–H and O–H groups in total. The van der Waals surface area contributed by atoms with Gasteiger partial charge < -0.3 is 5.01 Å². The SMILES string of the molecule is CC.CC/C(C)=C\N(C)NC. The molecule has 0 fully saturated rings. The Labute approximate surface area is 71.3 Å². The third-order valence-corrected chi connectivity index (χ3v) is 1.32. The van der Waals surface area contributed by atoms with E-state index in [1.807, 2.05) is 33.0 Å². The predicted octanol–water partition coefficient (Wildman–Crippen LogP) is 2.39. The fourth-order valence-corrected chi connectivity index (χ4v) is 0.486. The largest absolute Gasteiger partial charge is 0.319 e. The maximum absolute atomic E-state index is 2.99. The van der Waals surface area contributed by atoms with Gasteiger partial charge in [0, 0.05) is 20.3 Å². The van der Waals surface area contributed by atoms with E-state index in [0.717, 1.165) is 6.42 Å². The second kappa shape index (κ2) is 9.50. The van der Waals surface area contributed by atoms with Crippen LogP contribution >= 0.6 is 0 Å². The second-order valence-corrected chi connectivity index (χ2v) is 2.16. The summed E-state index contributed by atoms with van der Waals surface area (Å²) in [5.41, 5.74) is 4.37. The van der Waals surface area contributed by atoms with Gasteiger partial charge in [-0.1, -0.05) is 26.3 Å². The Morgan fingerprint density at radius 3 is 2.18 bits per heavy atom. The molecular formula is C9H22N2. The molecule has 0 aliphatic rings. The van der Waals surface area contributed by atoms with Crippen LogP contribution in [-0.4, -0.2) is 19.1 Å². The Morgan fingerprint density at radius 2 is 1.91 bits per heavy atom. The fourth-order valence-electron chi connectivity index (χ4n) is 0.486. The van der Waals surface area contributed by atoms with Crippen molar-refractivity contribution in [3.8, 4) is 0 Å². The van der Waals surface area contributed by atoms with Crippen molar-refractivity contribution in [1.82, 2.24) is 10.4 Å². The number of hydrogen-bond acceptors (Lipinski definition) is 2. The maximum Gasteiger partial charge on any atom is 0.0225 e. The number of nitrogens with zero attached hydrogens (tertiary/aromatic N) is 1. The lowest BCUT2D eigenvalue weighted by atomic mass is 10.3. The minimum Gasteiger partial charge on any atom is -0.319 e. The van der Waals surface area contributed by atoms with Crippen LogP contribution in [0.4, 0.5) is 0 Å². The van der Waals surface area contributed by atoms with E-state index in [1.54, 1.807) is 0 Å². The lowest BCUT2D eigenvalue weighted by molar-refractivity contribution is 0.361. The van der Waals surface area contributed by atoms with Crippen molar-refractivity contribution in [3.05, 3.63) is 11.8 Å². The average Bonchev–Trinajstić information content (AvgIpc) is 2.07. The molecule has 0 saturated heterocycles. The second-order valence-electron chi connectivity index (χ2n) is 2.16. The van der Waals surface area contributed by atoms with E-state index in [0.29, 0.717) is 0 Å². The van der Waals surface area contributed by atoms with E-state index in [9.17, 15) is 0 Å². The van der Waals surface area contributed by atoms with Gasteiger partial charge in [0.25, 0.3) is 0 Å². The van der Waals surface area contributed by atoms with Gasteiger partial charge in [-0.05, 0) is 13.3 Å². The molecule has 0 aromatic rings. The summed E-state index contributed by atoms with van der Waals surface area (Å²) in [6.07, 6.45) is 3.20. The zero-order chi connectivity index (χ0) is 9.28. The molecule has 0 rings (SSSR count). The van der Waals surface area contributed by atoms with Crippen LogP contribution in [0.1, 0.15) is 34.1 Å². The zero-order valence-corrected chi connectivity index (χ0v) is 8.73. The third kappa shape index (κ3) is 9.50. The molecule has 68 valence electrons. The van der Waals surface area contributed by atoms with E-state index in [1.165, 1.54) is 5.57 Å². The zero-order valence-electron chi connectivity index (χ0n) is 8.73. The van der Waals surface area contributed by atoms with Crippen molar-refractivity contribution in [1.29, 1.82) is 0 Å². The Morgan fingerprint density at radius 1 is 1.45 bits per heavy atom. The minimum atomic E-state index is 1.12. The molecule has 0 aliphatic carbocycles. The van der Waals surface area contributed by atoms with Crippen LogP contribution in [0.3, 0.4) is 0 Å². The van der Waals surface area contributed by atoms with Gasteiger partial charge in [0.1, 0.15) is 0 Å². The molecule has 0 bridgehead atoms.